The predicted octanol–water partition coefficient (Wildman–Crippen LogP) is 19.9. The summed E-state index contributed by atoms with van der Waals surface area (Å²) in [6.07, 6.45) is 7.65. The fraction of sp³-hybridized carbons (Fsp3) is 0.0800. The van der Waals surface area contributed by atoms with Crippen molar-refractivity contribution in [3.63, 3.8) is 0 Å². The molecule has 4 aromatic heterocycles. The van der Waals surface area contributed by atoms with Crippen LogP contribution in [0.2, 0.25) is 0 Å². The van der Waals surface area contributed by atoms with Gasteiger partial charge in [-0.3, -0.25) is 4.98 Å². The van der Waals surface area contributed by atoms with Crippen LogP contribution in [0.5, 0.6) is 0 Å². The maximum absolute atomic E-state index is 6.63. The number of aromatic nitrogens is 4. The molecule has 0 unspecified atom stereocenters. The van der Waals surface area contributed by atoms with Gasteiger partial charge in [0.15, 0.2) is 0 Å². The first-order valence-electron chi connectivity index (χ1n) is 27.4. The third-order valence-corrected chi connectivity index (χ3v) is 15.2. The molecule has 0 aliphatic rings. The Morgan fingerprint density at radius 1 is 0.407 bits per heavy atom. The van der Waals surface area contributed by atoms with Crippen LogP contribution < -0.4 is 0 Å². The van der Waals surface area contributed by atoms with Crippen LogP contribution in [0.1, 0.15) is 50.7 Å². The van der Waals surface area contributed by atoms with Crippen LogP contribution in [0.25, 0.3) is 128 Å². The third kappa shape index (κ3) is 10.1. The predicted molar refractivity (Wildman–Crippen MR) is 331 cm³/mol. The summed E-state index contributed by atoms with van der Waals surface area (Å²) >= 11 is 0. The van der Waals surface area contributed by atoms with Gasteiger partial charge in [0.05, 0.1) is 11.4 Å². The molecular weight excluding hydrogens is 1170 g/mol. The van der Waals surface area contributed by atoms with Gasteiger partial charge in [-0.2, -0.15) is 0 Å². The van der Waals surface area contributed by atoms with Crippen molar-refractivity contribution in [2.45, 2.75) is 39.5 Å². The van der Waals surface area contributed by atoms with Crippen molar-refractivity contribution in [3.05, 3.63) is 279 Å². The van der Waals surface area contributed by atoms with Crippen molar-refractivity contribution in [2.75, 3.05) is 0 Å². The van der Waals surface area contributed by atoms with E-state index in [9.17, 15) is 0 Å². The van der Waals surface area contributed by atoms with E-state index in [1.165, 1.54) is 66.2 Å². The summed E-state index contributed by atoms with van der Waals surface area (Å²) in [7, 11) is 0. The molecule has 0 fully saturated rings. The van der Waals surface area contributed by atoms with Gasteiger partial charge in [-0.05, 0) is 119 Å². The fourth-order valence-electron chi connectivity index (χ4n) is 11.4. The standard InChI is InChI=1S/C40H26N2.C35H29N2O.Ir/c1-2-13-29(14-3-1)40-28-31(24-26-42-40)34-18-5-7-20-36(34)38-22-9-8-21-37(38)35-19-6-4-17-33(35)30-15-12-16-32(27-30)39-23-10-11-25-41-39;1-21(2)25-11-7-12-26(22(3)4)33(25)37-18-17-36-35(37)29-14-8-13-28-31-19-24-16-15-23-9-5-6-10-27(23)30(24)20-32(31)38-34(28)29;/h1-13,15,17-28H;5-13,15-22H,1-4H3;/q-2;-1;+3. The fourth-order valence-corrected chi connectivity index (χ4v) is 11.4. The summed E-state index contributed by atoms with van der Waals surface area (Å²) in [5, 5.41) is 7.08. The Labute approximate surface area is 486 Å². The maximum Gasteiger partial charge on any atom is 3.00 e. The summed E-state index contributed by atoms with van der Waals surface area (Å²) in [6, 6.07) is 88.6. The minimum absolute atomic E-state index is 0. The molecule has 0 aliphatic carbocycles. The quantitative estimate of drug-likeness (QED) is 0.101. The first-order valence-corrected chi connectivity index (χ1v) is 27.4. The zero-order chi connectivity index (χ0) is 54.1. The van der Waals surface area contributed by atoms with Gasteiger partial charge < -0.3 is 19.0 Å². The monoisotopic (exact) mass is 1220 g/mol. The number of hydrogen-bond acceptors (Lipinski definition) is 4. The van der Waals surface area contributed by atoms with Gasteiger partial charge >= 0.3 is 20.1 Å². The molecule has 0 radical (unpaired) electrons. The van der Waals surface area contributed by atoms with Gasteiger partial charge in [0, 0.05) is 35.9 Å². The van der Waals surface area contributed by atoms with Crippen LogP contribution in [-0.2, 0) is 20.1 Å². The molecule has 0 saturated carbocycles. The number of hydrogen-bond donors (Lipinski definition) is 0. The molecule has 0 N–H and O–H groups in total. The smallest absolute Gasteiger partial charge is 0.501 e. The summed E-state index contributed by atoms with van der Waals surface area (Å²) in [5.41, 5.74) is 19.5. The number of nitrogens with zero attached hydrogens (tertiary/aromatic N) is 4. The molecule has 5 nitrogen and oxygen atoms in total. The maximum atomic E-state index is 6.63. The zero-order valence-corrected chi connectivity index (χ0v) is 47.8. The van der Waals surface area contributed by atoms with Gasteiger partial charge in [-0.15, -0.1) is 89.5 Å². The Morgan fingerprint density at radius 2 is 1.02 bits per heavy atom. The van der Waals surface area contributed by atoms with E-state index in [1.54, 1.807) is 0 Å². The van der Waals surface area contributed by atoms with Gasteiger partial charge in [0.2, 0.25) is 0 Å². The normalized spacial score (nSPS) is 11.3. The third-order valence-electron chi connectivity index (χ3n) is 15.2. The average molecular weight is 1220 g/mol. The Balaban J connectivity index is 0.000000160. The van der Waals surface area contributed by atoms with E-state index in [0.29, 0.717) is 11.8 Å². The molecule has 10 aromatic carbocycles. The topological polar surface area (TPSA) is 56.7 Å². The summed E-state index contributed by atoms with van der Waals surface area (Å²) in [4.78, 5) is 14.0. The van der Waals surface area contributed by atoms with Crippen molar-refractivity contribution in [2.24, 2.45) is 0 Å². The Morgan fingerprint density at radius 3 is 1.72 bits per heavy atom. The molecule has 0 amide bonds. The Bertz CT molecular complexity index is 4390. The minimum atomic E-state index is 0. The van der Waals surface area contributed by atoms with E-state index in [-0.39, 0.29) is 20.1 Å². The molecule has 0 bridgehead atoms. The molecule has 0 saturated heterocycles. The molecule has 0 atom stereocenters. The van der Waals surface area contributed by atoms with Crippen molar-refractivity contribution >= 4 is 43.5 Å². The summed E-state index contributed by atoms with van der Waals surface area (Å²) in [5.74, 6) is 1.61. The van der Waals surface area contributed by atoms with Crippen molar-refractivity contribution < 1.29 is 24.5 Å². The number of rotatable bonds is 10. The molecule has 0 spiro atoms. The Hall–Kier alpha value is -9.32. The van der Waals surface area contributed by atoms with Gasteiger partial charge in [0.1, 0.15) is 5.58 Å². The zero-order valence-electron chi connectivity index (χ0n) is 45.4. The molecule has 4 heterocycles. The van der Waals surface area contributed by atoms with Crippen LogP contribution >= 0.6 is 0 Å². The second-order valence-electron chi connectivity index (χ2n) is 20.8. The van der Waals surface area contributed by atoms with Crippen molar-refractivity contribution in [1.82, 2.24) is 19.5 Å². The largest absolute Gasteiger partial charge is 3.00 e. The SMILES string of the molecule is CC(C)c1cccc(C(C)C)c1-n1ccnc1-c1[c-]ccc2c1oc1cc3c(ccc4ccccc43)cc12.[Ir+3].[c-]1ccccc1-c1cc(-c2ccccc2-c2ccccc2-c2ccccc2-c2cc[c-]c(-c3ccccn3)c2)ccn1. The molecule has 14 rings (SSSR count). The van der Waals surface area contributed by atoms with Crippen LogP contribution in [0.15, 0.2) is 254 Å². The van der Waals surface area contributed by atoms with E-state index in [0.717, 1.165) is 72.5 Å². The molecule has 6 heteroatoms. The van der Waals surface area contributed by atoms with Gasteiger partial charge in [0.25, 0.3) is 0 Å². The van der Waals surface area contributed by atoms with Crippen molar-refractivity contribution in [3.8, 4) is 84.1 Å². The number of pyridine rings is 2. The minimum Gasteiger partial charge on any atom is -0.501 e. The van der Waals surface area contributed by atoms with E-state index in [4.69, 9.17) is 9.40 Å². The van der Waals surface area contributed by atoms with Gasteiger partial charge in [-0.1, -0.05) is 184 Å². The van der Waals surface area contributed by atoms with E-state index >= 15 is 0 Å². The molecule has 81 heavy (non-hydrogen) atoms. The number of benzene rings is 10. The first kappa shape index (κ1) is 52.4. The van der Waals surface area contributed by atoms with Crippen LogP contribution in [0.4, 0.5) is 0 Å². The van der Waals surface area contributed by atoms with E-state index in [2.05, 4.69) is 236 Å². The van der Waals surface area contributed by atoms with E-state index in [1.807, 2.05) is 73.2 Å². The van der Waals surface area contributed by atoms with Crippen LogP contribution in [0, 0.1) is 18.2 Å². The second-order valence-corrected chi connectivity index (χ2v) is 20.8. The summed E-state index contributed by atoms with van der Waals surface area (Å²) < 4.78 is 8.86. The molecule has 14 aromatic rings. The molecule has 0 aliphatic heterocycles. The first-order chi connectivity index (χ1) is 39.4. The van der Waals surface area contributed by atoms with Crippen molar-refractivity contribution in [1.29, 1.82) is 0 Å². The number of para-hydroxylation sites is 1. The second kappa shape index (κ2) is 22.8. The molecular formula is C75H55IrN4O. The number of furan rings is 1. The van der Waals surface area contributed by atoms with Gasteiger partial charge in [-0.25, -0.2) is 0 Å². The van der Waals surface area contributed by atoms with Crippen LogP contribution in [-0.4, -0.2) is 19.5 Å². The number of fused-ring (bicyclic) bond motifs is 6. The number of imidazole rings is 1. The Kier molecular flexibility index (Phi) is 14.7. The molecule has 390 valence electrons. The summed E-state index contributed by atoms with van der Waals surface area (Å²) in [6.45, 7) is 9.00. The average Bonchev–Trinajstić information content (AvgIpc) is 4.30. The van der Waals surface area contributed by atoms with Crippen LogP contribution in [0.3, 0.4) is 0 Å². The van der Waals surface area contributed by atoms with E-state index < -0.39 is 0 Å².